The molecular formula is C29H37AlN2. The van der Waals surface area contributed by atoms with E-state index in [0.717, 1.165) is 18.5 Å². The van der Waals surface area contributed by atoms with Crippen LogP contribution in [0.15, 0.2) is 83.9 Å². The summed E-state index contributed by atoms with van der Waals surface area (Å²) in [6.45, 7) is 14.2. The molecule has 0 unspecified atom stereocenters. The Bertz CT molecular complexity index is 1030. The Morgan fingerprint density at radius 1 is 0.844 bits per heavy atom. The molecule has 3 heteroatoms. The fourth-order valence-electron chi connectivity index (χ4n) is 4.70. The maximum Gasteiger partial charge on any atom is 0.423 e. The summed E-state index contributed by atoms with van der Waals surface area (Å²) in [5, 5.41) is 0. The van der Waals surface area contributed by atoms with Crippen LogP contribution in [-0.4, -0.2) is 20.6 Å². The monoisotopic (exact) mass is 440 g/mol. The van der Waals surface area contributed by atoms with Crippen molar-refractivity contribution < 1.29 is 0 Å². The van der Waals surface area contributed by atoms with E-state index in [1.807, 2.05) is 6.21 Å². The smallest absolute Gasteiger partial charge is 0.423 e. The van der Waals surface area contributed by atoms with E-state index in [9.17, 15) is 0 Å². The first-order chi connectivity index (χ1) is 15.2. The van der Waals surface area contributed by atoms with E-state index in [-0.39, 0.29) is 8.55 Å². The molecule has 0 saturated carbocycles. The SMILES string of the molecule is CCc1cccc(N=Cc2ccccc2C[C](C)(C)[Al]([NH]c2ccccc2)[C](C)(C)C)c1. The third kappa shape index (κ3) is 6.58. The van der Waals surface area contributed by atoms with Crippen molar-refractivity contribution >= 4 is 32.0 Å². The normalized spacial score (nSPS) is 12.2. The Labute approximate surface area is 199 Å². The number of nitrogens with one attached hydrogen (secondary N) is 1. The third-order valence-corrected chi connectivity index (χ3v) is 10.2. The number of aryl methyl sites for hydroxylation is 1. The molecule has 0 bridgehead atoms. The number of aliphatic imine (C=N–C) groups is 1. The van der Waals surface area contributed by atoms with Gasteiger partial charge in [-0.1, -0.05) is 105 Å². The molecule has 0 amide bonds. The van der Waals surface area contributed by atoms with Gasteiger partial charge in [0.05, 0.1) is 5.69 Å². The molecule has 0 heterocycles. The average molecular weight is 441 g/mol. The van der Waals surface area contributed by atoms with E-state index in [2.05, 4.69) is 125 Å². The topological polar surface area (TPSA) is 24.4 Å². The van der Waals surface area contributed by atoms with Crippen molar-refractivity contribution in [1.29, 1.82) is 0 Å². The first kappa shape index (κ1) is 24.3. The molecule has 3 aromatic rings. The van der Waals surface area contributed by atoms with Crippen molar-refractivity contribution in [3.63, 3.8) is 0 Å². The highest BCUT2D eigenvalue weighted by Crippen LogP contribution is 2.45. The minimum Gasteiger partial charge on any atom is -0.476 e. The van der Waals surface area contributed by atoms with E-state index < -0.39 is 14.4 Å². The summed E-state index contributed by atoms with van der Waals surface area (Å²) in [6.07, 6.45) is 4.10. The zero-order chi connectivity index (χ0) is 23.2. The Kier molecular flexibility index (Phi) is 7.99. The van der Waals surface area contributed by atoms with Crippen molar-refractivity contribution in [2.45, 2.75) is 62.9 Å². The van der Waals surface area contributed by atoms with Crippen LogP contribution in [-0.2, 0) is 12.8 Å². The lowest BCUT2D eigenvalue weighted by atomic mass is 9.97. The van der Waals surface area contributed by atoms with E-state index in [1.54, 1.807) is 0 Å². The number of rotatable bonds is 8. The number of benzene rings is 3. The highest BCUT2D eigenvalue weighted by molar-refractivity contribution is 6.68. The van der Waals surface area contributed by atoms with Gasteiger partial charge in [-0.25, -0.2) is 0 Å². The largest absolute Gasteiger partial charge is 0.476 e. The van der Waals surface area contributed by atoms with Gasteiger partial charge in [0.1, 0.15) is 0 Å². The summed E-state index contributed by atoms with van der Waals surface area (Å²) in [6, 6.07) is 27.9. The maximum absolute atomic E-state index is 4.81. The zero-order valence-corrected chi connectivity index (χ0v) is 21.7. The molecule has 0 saturated heterocycles. The van der Waals surface area contributed by atoms with Crippen molar-refractivity contribution in [2.24, 2.45) is 4.99 Å². The fraction of sp³-hybridized carbons (Fsp3) is 0.345. The second kappa shape index (κ2) is 10.5. The molecule has 1 N–H and O–H groups in total. The maximum atomic E-state index is 4.81. The molecule has 32 heavy (non-hydrogen) atoms. The van der Waals surface area contributed by atoms with Gasteiger partial charge in [0.2, 0.25) is 0 Å². The molecule has 2 nitrogen and oxygen atoms in total. The average Bonchev–Trinajstić information content (AvgIpc) is 2.76. The van der Waals surface area contributed by atoms with Crippen LogP contribution < -0.4 is 4.30 Å². The summed E-state index contributed by atoms with van der Waals surface area (Å²) >= 11 is -1.43. The number of para-hydroxylation sites is 1. The van der Waals surface area contributed by atoms with Gasteiger partial charge in [-0.15, -0.1) is 0 Å². The van der Waals surface area contributed by atoms with Crippen molar-refractivity contribution in [1.82, 2.24) is 0 Å². The van der Waals surface area contributed by atoms with Crippen LogP contribution in [0.25, 0.3) is 0 Å². The van der Waals surface area contributed by atoms with Crippen molar-refractivity contribution in [3.05, 3.63) is 95.6 Å². The van der Waals surface area contributed by atoms with Crippen LogP contribution in [0.5, 0.6) is 0 Å². The molecule has 0 aromatic heterocycles. The molecular weight excluding hydrogens is 403 g/mol. The van der Waals surface area contributed by atoms with Gasteiger partial charge >= 0.3 is 14.4 Å². The summed E-state index contributed by atoms with van der Waals surface area (Å²) < 4.78 is 4.38. The number of nitrogens with zero attached hydrogens (tertiary/aromatic N) is 1. The minimum absolute atomic E-state index is 0.167. The van der Waals surface area contributed by atoms with Gasteiger partial charge < -0.3 is 4.30 Å². The summed E-state index contributed by atoms with van der Waals surface area (Å²) in [5.41, 5.74) is 6.15. The van der Waals surface area contributed by atoms with Crippen molar-refractivity contribution in [2.75, 3.05) is 4.30 Å². The fourth-order valence-corrected chi connectivity index (χ4v) is 8.82. The first-order valence-corrected chi connectivity index (χ1v) is 13.4. The lowest BCUT2D eigenvalue weighted by Crippen LogP contribution is -2.45. The molecule has 0 fully saturated rings. The molecule has 3 rings (SSSR count). The Morgan fingerprint density at radius 2 is 1.53 bits per heavy atom. The molecule has 3 aromatic carbocycles. The molecule has 166 valence electrons. The van der Waals surface area contributed by atoms with Crippen LogP contribution in [0.1, 0.15) is 58.2 Å². The predicted molar refractivity (Wildman–Crippen MR) is 143 cm³/mol. The Balaban J connectivity index is 1.86. The second-order valence-electron chi connectivity index (χ2n) is 10.5. The lowest BCUT2D eigenvalue weighted by molar-refractivity contribution is 0.599. The lowest BCUT2D eigenvalue weighted by Gasteiger charge is -2.39. The van der Waals surface area contributed by atoms with Gasteiger partial charge in [0, 0.05) is 11.9 Å². The molecule has 0 aliphatic rings. The molecule has 0 aliphatic carbocycles. The number of anilines is 1. The highest BCUT2D eigenvalue weighted by atomic mass is 27.2. The molecule has 0 aliphatic heterocycles. The molecule has 0 radical (unpaired) electrons. The van der Waals surface area contributed by atoms with E-state index in [1.165, 1.54) is 22.4 Å². The van der Waals surface area contributed by atoms with Crippen LogP contribution in [0, 0.1) is 0 Å². The summed E-state index contributed by atoms with van der Waals surface area (Å²) in [5.74, 6) is 0. The Hall–Kier alpha value is -2.34. The quantitative estimate of drug-likeness (QED) is 0.277. The summed E-state index contributed by atoms with van der Waals surface area (Å²) in [7, 11) is 0. The Morgan fingerprint density at radius 3 is 2.22 bits per heavy atom. The van der Waals surface area contributed by atoms with E-state index in [4.69, 9.17) is 4.99 Å². The van der Waals surface area contributed by atoms with Crippen LogP contribution in [0.2, 0.25) is 8.55 Å². The van der Waals surface area contributed by atoms with E-state index >= 15 is 0 Å². The number of hydrogen-bond donors (Lipinski definition) is 1. The number of hydrogen-bond acceptors (Lipinski definition) is 2. The van der Waals surface area contributed by atoms with E-state index in [0.29, 0.717) is 0 Å². The molecule has 0 spiro atoms. The van der Waals surface area contributed by atoms with Crippen molar-refractivity contribution in [3.8, 4) is 0 Å². The summed E-state index contributed by atoms with van der Waals surface area (Å²) in [4.78, 5) is 4.81. The predicted octanol–water partition coefficient (Wildman–Crippen LogP) is 8.23. The van der Waals surface area contributed by atoms with Crippen LogP contribution in [0.4, 0.5) is 11.4 Å². The van der Waals surface area contributed by atoms with Crippen LogP contribution >= 0.6 is 0 Å². The standard InChI is InChI=1S/C19H22N.C6H6N.C4H9.Al/c1-4-16-8-7-11-19(13-16)20-14-18-10-6-5-9-17(18)12-15(2)3;7-6-4-2-1-3-5-6;1-4(2)3;/h5-11,13-14H,4,12H2,1-3H3;1-5,7H;1-3H3;/q;-1;;+1. The molecule has 0 atom stereocenters. The highest BCUT2D eigenvalue weighted by Gasteiger charge is 2.46. The van der Waals surface area contributed by atoms with Gasteiger partial charge in [-0.05, 0) is 53.8 Å². The first-order valence-electron chi connectivity index (χ1n) is 11.7. The van der Waals surface area contributed by atoms with Gasteiger partial charge in [-0.2, -0.15) is 0 Å². The minimum atomic E-state index is -1.43. The van der Waals surface area contributed by atoms with Gasteiger partial charge in [-0.3, -0.25) is 4.99 Å². The van der Waals surface area contributed by atoms with Gasteiger partial charge in [0.15, 0.2) is 0 Å². The second-order valence-corrected chi connectivity index (χ2v) is 14.9. The van der Waals surface area contributed by atoms with Gasteiger partial charge in [0.25, 0.3) is 0 Å². The zero-order valence-electron chi connectivity index (χ0n) is 20.5. The van der Waals surface area contributed by atoms with Crippen LogP contribution in [0.3, 0.4) is 0 Å². The third-order valence-electron chi connectivity index (χ3n) is 6.10.